The van der Waals surface area contributed by atoms with Gasteiger partial charge in [-0.15, -0.1) is 0 Å². The summed E-state index contributed by atoms with van der Waals surface area (Å²) in [7, 11) is 0. The van der Waals surface area contributed by atoms with Gasteiger partial charge in [0.1, 0.15) is 17.7 Å². The summed E-state index contributed by atoms with van der Waals surface area (Å²) in [6.45, 7) is 17.1. The number of hydrogen-bond donors (Lipinski definition) is 0. The first kappa shape index (κ1) is 18.9. The summed E-state index contributed by atoms with van der Waals surface area (Å²) in [5.41, 5.74) is 0.688. The molecule has 6 nitrogen and oxygen atoms in total. The van der Waals surface area contributed by atoms with Gasteiger partial charge in [-0.2, -0.15) is 5.26 Å². The highest BCUT2D eigenvalue weighted by molar-refractivity contribution is 5.59. The lowest BCUT2D eigenvalue weighted by Crippen LogP contribution is -2.50. The first-order valence-electron chi connectivity index (χ1n) is 9.88. The molecule has 3 heterocycles. The maximum atomic E-state index is 9.54. The van der Waals surface area contributed by atoms with Crippen LogP contribution < -0.4 is 9.80 Å². The molecule has 0 spiro atoms. The van der Waals surface area contributed by atoms with Crippen LogP contribution in [0, 0.1) is 11.3 Å². The number of piperazine rings is 2. The monoisotopic (exact) mass is 356 g/mol. The lowest BCUT2D eigenvalue weighted by atomic mass is 10.2. The number of nitrogens with zero attached hydrogens (tertiary/aromatic N) is 6. The van der Waals surface area contributed by atoms with Gasteiger partial charge in [0.2, 0.25) is 0 Å². The number of rotatable bonds is 4. The minimum atomic E-state index is 0.573. The van der Waals surface area contributed by atoms with Crippen molar-refractivity contribution in [2.75, 3.05) is 62.2 Å². The molecule has 0 atom stereocenters. The largest absolute Gasteiger partial charge is 0.354 e. The van der Waals surface area contributed by atoms with Gasteiger partial charge < -0.3 is 9.80 Å². The predicted molar refractivity (Wildman–Crippen MR) is 107 cm³/mol. The second-order valence-corrected chi connectivity index (χ2v) is 7.89. The summed E-state index contributed by atoms with van der Waals surface area (Å²) in [6, 6.07) is 7.46. The van der Waals surface area contributed by atoms with E-state index in [1.54, 1.807) is 0 Å². The van der Waals surface area contributed by atoms with Gasteiger partial charge in [-0.1, -0.05) is 0 Å². The molecular formula is C20H32N6. The van der Waals surface area contributed by atoms with Crippen LogP contribution in [-0.2, 0) is 0 Å². The lowest BCUT2D eigenvalue weighted by Gasteiger charge is -2.39. The molecule has 142 valence electrons. The average molecular weight is 357 g/mol. The van der Waals surface area contributed by atoms with Crippen molar-refractivity contribution in [2.24, 2.45) is 0 Å². The molecule has 2 saturated heterocycles. The molecule has 3 rings (SSSR count). The van der Waals surface area contributed by atoms with Crippen molar-refractivity contribution in [3.05, 3.63) is 17.7 Å². The van der Waals surface area contributed by atoms with Crippen molar-refractivity contribution in [2.45, 2.75) is 39.8 Å². The predicted octanol–water partition coefficient (Wildman–Crippen LogP) is 2.01. The summed E-state index contributed by atoms with van der Waals surface area (Å²) in [4.78, 5) is 14.6. The van der Waals surface area contributed by atoms with Gasteiger partial charge in [0.05, 0.1) is 5.56 Å². The Morgan fingerprint density at radius 3 is 1.77 bits per heavy atom. The summed E-state index contributed by atoms with van der Waals surface area (Å²) in [6.07, 6.45) is 0. The van der Waals surface area contributed by atoms with E-state index in [9.17, 15) is 5.26 Å². The molecule has 0 amide bonds. The van der Waals surface area contributed by atoms with E-state index in [4.69, 9.17) is 4.98 Å². The van der Waals surface area contributed by atoms with Crippen molar-refractivity contribution in [1.29, 1.82) is 5.26 Å². The van der Waals surface area contributed by atoms with Crippen LogP contribution in [0.4, 0.5) is 11.6 Å². The van der Waals surface area contributed by atoms with Gasteiger partial charge in [-0.05, 0) is 39.8 Å². The number of hydrogen-bond acceptors (Lipinski definition) is 6. The zero-order valence-corrected chi connectivity index (χ0v) is 16.6. The molecule has 6 heteroatoms. The highest BCUT2D eigenvalue weighted by atomic mass is 15.3. The van der Waals surface area contributed by atoms with E-state index >= 15 is 0 Å². The molecule has 1 aromatic rings. The Kier molecular flexibility index (Phi) is 6.00. The molecule has 0 bridgehead atoms. The molecule has 0 unspecified atom stereocenters. The molecule has 2 fully saturated rings. The third kappa shape index (κ3) is 4.11. The van der Waals surface area contributed by atoms with E-state index < -0.39 is 0 Å². The Labute approximate surface area is 158 Å². The highest BCUT2D eigenvalue weighted by Gasteiger charge is 2.24. The molecular weight excluding hydrogens is 324 g/mol. The molecule has 0 N–H and O–H groups in total. The van der Waals surface area contributed by atoms with Crippen LogP contribution in [0.3, 0.4) is 0 Å². The maximum absolute atomic E-state index is 9.54. The zero-order chi connectivity index (χ0) is 18.7. The van der Waals surface area contributed by atoms with E-state index in [-0.39, 0.29) is 0 Å². The minimum Gasteiger partial charge on any atom is -0.354 e. The average Bonchev–Trinajstić information content (AvgIpc) is 2.67. The van der Waals surface area contributed by atoms with Crippen LogP contribution in [0.2, 0.25) is 0 Å². The first-order valence-corrected chi connectivity index (χ1v) is 9.88. The number of pyridine rings is 1. The van der Waals surface area contributed by atoms with E-state index in [1.807, 2.05) is 12.1 Å². The molecule has 0 aromatic carbocycles. The normalized spacial score (nSPS) is 20.0. The Morgan fingerprint density at radius 1 is 0.808 bits per heavy atom. The second kappa shape index (κ2) is 8.24. The van der Waals surface area contributed by atoms with Crippen LogP contribution in [0.1, 0.15) is 33.3 Å². The van der Waals surface area contributed by atoms with Gasteiger partial charge in [0.25, 0.3) is 0 Å². The van der Waals surface area contributed by atoms with Crippen molar-refractivity contribution < 1.29 is 0 Å². The third-order valence-electron chi connectivity index (χ3n) is 5.69. The number of nitriles is 1. The first-order chi connectivity index (χ1) is 12.5. The van der Waals surface area contributed by atoms with Crippen molar-refractivity contribution in [3.8, 4) is 6.07 Å². The Hall–Kier alpha value is -1.84. The quantitative estimate of drug-likeness (QED) is 0.823. The Morgan fingerprint density at radius 2 is 1.31 bits per heavy atom. The minimum absolute atomic E-state index is 0.573. The van der Waals surface area contributed by atoms with E-state index in [2.05, 4.69) is 53.4 Å². The summed E-state index contributed by atoms with van der Waals surface area (Å²) >= 11 is 0. The van der Waals surface area contributed by atoms with Crippen LogP contribution in [0.25, 0.3) is 0 Å². The zero-order valence-electron chi connectivity index (χ0n) is 16.6. The van der Waals surface area contributed by atoms with Gasteiger partial charge in [-0.25, -0.2) is 4.98 Å². The maximum Gasteiger partial charge on any atom is 0.149 e. The smallest absolute Gasteiger partial charge is 0.149 e. The second-order valence-electron chi connectivity index (χ2n) is 7.89. The molecule has 2 aliphatic rings. The van der Waals surface area contributed by atoms with Crippen LogP contribution in [0.5, 0.6) is 0 Å². The SMILES string of the molecule is CC(C)N1CCN(c2ccc(C#N)c(N3CCN(C(C)C)CC3)n2)CC1. The van der Waals surface area contributed by atoms with Crippen LogP contribution >= 0.6 is 0 Å². The molecule has 1 aromatic heterocycles. The Balaban J connectivity index is 1.73. The summed E-state index contributed by atoms with van der Waals surface area (Å²) in [5.74, 6) is 1.87. The molecule has 0 aliphatic carbocycles. The van der Waals surface area contributed by atoms with Crippen LogP contribution in [0.15, 0.2) is 12.1 Å². The molecule has 0 radical (unpaired) electrons. The fourth-order valence-corrected chi connectivity index (χ4v) is 3.86. The lowest BCUT2D eigenvalue weighted by molar-refractivity contribution is 0.208. The van der Waals surface area contributed by atoms with Gasteiger partial charge in [0.15, 0.2) is 0 Å². The number of aromatic nitrogens is 1. The standard InChI is InChI=1S/C20H32N6/c1-16(2)23-7-11-25(12-8-23)19-6-5-18(15-21)20(22-19)26-13-9-24(10-14-26)17(3)4/h5-6,16-17H,7-14H2,1-4H3. The summed E-state index contributed by atoms with van der Waals surface area (Å²) < 4.78 is 0. The van der Waals surface area contributed by atoms with Gasteiger partial charge in [-0.3, -0.25) is 9.80 Å². The highest BCUT2D eigenvalue weighted by Crippen LogP contribution is 2.24. The van der Waals surface area contributed by atoms with Crippen molar-refractivity contribution in [1.82, 2.24) is 14.8 Å². The van der Waals surface area contributed by atoms with Gasteiger partial charge >= 0.3 is 0 Å². The van der Waals surface area contributed by atoms with Crippen molar-refractivity contribution >= 4 is 11.6 Å². The topological polar surface area (TPSA) is 49.6 Å². The van der Waals surface area contributed by atoms with E-state index in [0.29, 0.717) is 17.6 Å². The van der Waals surface area contributed by atoms with E-state index in [0.717, 1.165) is 64.0 Å². The number of anilines is 2. The fourth-order valence-electron chi connectivity index (χ4n) is 3.86. The third-order valence-corrected chi connectivity index (χ3v) is 5.69. The molecule has 0 saturated carbocycles. The van der Waals surface area contributed by atoms with Crippen molar-refractivity contribution in [3.63, 3.8) is 0 Å². The molecule has 26 heavy (non-hydrogen) atoms. The Bertz CT molecular complexity index is 634. The molecule has 2 aliphatic heterocycles. The van der Waals surface area contributed by atoms with Crippen LogP contribution in [-0.4, -0.2) is 79.2 Å². The summed E-state index contributed by atoms with van der Waals surface area (Å²) in [5, 5.41) is 9.54. The van der Waals surface area contributed by atoms with E-state index in [1.165, 1.54) is 0 Å². The van der Waals surface area contributed by atoms with Gasteiger partial charge in [0, 0.05) is 64.4 Å². The fraction of sp³-hybridized carbons (Fsp3) is 0.700.